The summed E-state index contributed by atoms with van der Waals surface area (Å²) in [5, 5.41) is 2.96. The number of carbonyl (C=O) groups is 1. The molecule has 0 radical (unpaired) electrons. The lowest BCUT2D eigenvalue weighted by Gasteiger charge is -2.30. The molecule has 0 saturated carbocycles. The van der Waals surface area contributed by atoms with Crippen molar-refractivity contribution >= 4 is 17.1 Å². The van der Waals surface area contributed by atoms with E-state index in [9.17, 15) is 9.18 Å². The number of piperidine rings is 1. The third kappa shape index (κ3) is 4.48. The second kappa shape index (κ2) is 8.77. The summed E-state index contributed by atoms with van der Waals surface area (Å²) in [4.78, 5) is 20.0. The Labute approximate surface area is 184 Å². The molecule has 31 heavy (non-hydrogen) atoms. The van der Waals surface area contributed by atoms with Crippen molar-refractivity contribution in [2.24, 2.45) is 5.92 Å². The predicted octanol–water partition coefficient (Wildman–Crippen LogP) is 4.82. The second-order valence-electron chi connectivity index (χ2n) is 7.92. The van der Waals surface area contributed by atoms with Crippen molar-refractivity contribution in [2.75, 3.05) is 26.3 Å². The maximum absolute atomic E-state index is 13.1. The zero-order chi connectivity index (χ0) is 21.2. The summed E-state index contributed by atoms with van der Waals surface area (Å²) in [7, 11) is 0. The molecule has 0 bridgehead atoms. The van der Waals surface area contributed by atoms with Crippen LogP contribution >= 0.6 is 11.3 Å². The molecule has 0 spiro atoms. The number of nitrogens with zero attached hydrogens (tertiary/aromatic N) is 2. The molecule has 5 rings (SSSR count). The van der Waals surface area contributed by atoms with E-state index >= 15 is 0 Å². The van der Waals surface area contributed by atoms with Crippen molar-refractivity contribution in [3.05, 3.63) is 64.9 Å². The normalized spacial score (nSPS) is 16.9. The van der Waals surface area contributed by atoms with Gasteiger partial charge in [-0.05, 0) is 68.4 Å². The molecule has 0 aliphatic carbocycles. The number of ketones is 1. The molecule has 1 saturated heterocycles. The minimum Gasteiger partial charge on any atom is -0.486 e. The molecule has 3 heterocycles. The minimum absolute atomic E-state index is 0.0315. The maximum atomic E-state index is 13.1. The lowest BCUT2D eigenvalue weighted by atomic mass is 9.88. The van der Waals surface area contributed by atoms with Gasteiger partial charge in [0.05, 0.1) is 5.69 Å². The summed E-state index contributed by atoms with van der Waals surface area (Å²) >= 11 is 1.57. The number of halogens is 1. The van der Waals surface area contributed by atoms with Crippen LogP contribution in [0.2, 0.25) is 0 Å². The number of ether oxygens (including phenoxy) is 2. The molecular weight excluding hydrogens is 415 g/mol. The number of Topliss-reactive ketones (excluding diaryl/α,β-unsaturated/α-hetero) is 1. The van der Waals surface area contributed by atoms with Crippen LogP contribution in [0.25, 0.3) is 10.6 Å². The van der Waals surface area contributed by atoms with Crippen LogP contribution in [0.4, 0.5) is 4.39 Å². The van der Waals surface area contributed by atoms with Crippen LogP contribution in [0.5, 0.6) is 11.5 Å². The quantitative estimate of drug-likeness (QED) is 0.535. The van der Waals surface area contributed by atoms with Gasteiger partial charge in [0.1, 0.15) is 24.0 Å². The van der Waals surface area contributed by atoms with Gasteiger partial charge < -0.3 is 9.47 Å². The van der Waals surface area contributed by atoms with E-state index in [0.717, 1.165) is 48.7 Å². The van der Waals surface area contributed by atoms with Crippen LogP contribution in [0.1, 0.15) is 28.9 Å². The average Bonchev–Trinajstić information content (AvgIpc) is 3.27. The van der Waals surface area contributed by atoms with Crippen LogP contribution < -0.4 is 9.47 Å². The SMILES string of the molecule is O=C(c1ccc2c(c1)OCCO2)C1CCN(Cc2csc(-c3ccc(F)cc3)n2)CC1. The number of hydrogen-bond donors (Lipinski definition) is 0. The maximum Gasteiger partial charge on any atom is 0.166 e. The number of benzene rings is 2. The van der Waals surface area contributed by atoms with Crippen LogP contribution in [-0.4, -0.2) is 42.0 Å². The van der Waals surface area contributed by atoms with Crippen molar-refractivity contribution < 1.29 is 18.7 Å². The van der Waals surface area contributed by atoms with E-state index in [1.807, 2.05) is 18.2 Å². The molecule has 2 aliphatic rings. The van der Waals surface area contributed by atoms with Crippen molar-refractivity contribution in [3.8, 4) is 22.1 Å². The summed E-state index contributed by atoms with van der Waals surface area (Å²) < 4.78 is 24.3. The second-order valence-corrected chi connectivity index (χ2v) is 8.78. The third-order valence-electron chi connectivity index (χ3n) is 5.81. The van der Waals surface area contributed by atoms with Crippen LogP contribution in [-0.2, 0) is 6.54 Å². The Morgan fingerprint density at radius 1 is 1.06 bits per heavy atom. The molecule has 3 aromatic rings. The highest BCUT2D eigenvalue weighted by Crippen LogP contribution is 2.33. The van der Waals surface area contributed by atoms with Crippen LogP contribution in [0, 0.1) is 11.7 Å². The largest absolute Gasteiger partial charge is 0.486 e. The minimum atomic E-state index is -0.241. The summed E-state index contributed by atoms with van der Waals surface area (Å²) in [6.07, 6.45) is 1.67. The lowest BCUT2D eigenvalue weighted by molar-refractivity contribution is 0.0833. The Bertz CT molecular complexity index is 1070. The molecule has 7 heteroatoms. The molecular formula is C24H23FN2O3S. The average molecular weight is 439 g/mol. The summed E-state index contributed by atoms with van der Waals surface area (Å²) in [6, 6.07) is 11.9. The number of thiazole rings is 1. The zero-order valence-electron chi connectivity index (χ0n) is 17.1. The van der Waals surface area contributed by atoms with E-state index in [2.05, 4.69) is 10.3 Å². The van der Waals surface area contributed by atoms with Crippen molar-refractivity contribution in [2.45, 2.75) is 19.4 Å². The van der Waals surface area contributed by atoms with E-state index < -0.39 is 0 Å². The van der Waals surface area contributed by atoms with E-state index in [-0.39, 0.29) is 17.5 Å². The number of rotatable bonds is 5. The lowest BCUT2D eigenvalue weighted by Crippen LogP contribution is -2.36. The number of aromatic nitrogens is 1. The first-order chi connectivity index (χ1) is 15.2. The Morgan fingerprint density at radius 2 is 1.81 bits per heavy atom. The Hall–Kier alpha value is -2.77. The number of carbonyl (C=O) groups excluding carboxylic acids is 1. The van der Waals surface area contributed by atoms with Crippen LogP contribution in [0.3, 0.4) is 0 Å². The monoisotopic (exact) mass is 438 g/mol. The molecule has 2 aromatic carbocycles. The van der Waals surface area contributed by atoms with E-state index in [4.69, 9.17) is 14.5 Å². The fraction of sp³-hybridized carbons (Fsp3) is 0.333. The molecule has 1 fully saturated rings. The van der Waals surface area contributed by atoms with E-state index in [1.165, 1.54) is 12.1 Å². The van der Waals surface area contributed by atoms with E-state index in [0.29, 0.717) is 30.3 Å². The number of hydrogen-bond acceptors (Lipinski definition) is 6. The Balaban J connectivity index is 1.17. The van der Waals surface area contributed by atoms with Gasteiger partial charge in [0.25, 0.3) is 0 Å². The van der Waals surface area contributed by atoms with Crippen LogP contribution in [0.15, 0.2) is 47.8 Å². The highest BCUT2D eigenvalue weighted by Gasteiger charge is 2.27. The molecule has 2 aliphatic heterocycles. The van der Waals surface area contributed by atoms with Gasteiger partial charge in [-0.2, -0.15) is 0 Å². The van der Waals surface area contributed by atoms with E-state index in [1.54, 1.807) is 23.5 Å². The zero-order valence-corrected chi connectivity index (χ0v) is 17.9. The fourth-order valence-corrected chi connectivity index (χ4v) is 4.94. The van der Waals surface area contributed by atoms with Gasteiger partial charge in [-0.1, -0.05) is 0 Å². The molecule has 0 unspecified atom stereocenters. The van der Waals surface area contributed by atoms with Gasteiger partial charge >= 0.3 is 0 Å². The highest BCUT2D eigenvalue weighted by atomic mass is 32.1. The van der Waals surface area contributed by atoms with Crippen molar-refractivity contribution in [1.82, 2.24) is 9.88 Å². The van der Waals surface area contributed by atoms with Gasteiger partial charge in [-0.3, -0.25) is 9.69 Å². The fourth-order valence-electron chi connectivity index (χ4n) is 4.12. The number of fused-ring (bicyclic) bond motifs is 1. The molecule has 160 valence electrons. The molecule has 5 nitrogen and oxygen atoms in total. The smallest absolute Gasteiger partial charge is 0.166 e. The first-order valence-electron chi connectivity index (χ1n) is 10.5. The molecule has 1 aromatic heterocycles. The molecule has 0 N–H and O–H groups in total. The summed E-state index contributed by atoms with van der Waals surface area (Å²) in [5.41, 5.74) is 2.65. The topological polar surface area (TPSA) is 51.7 Å². The van der Waals surface area contributed by atoms with Gasteiger partial charge in [-0.25, -0.2) is 9.37 Å². The van der Waals surface area contributed by atoms with Gasteiger partial charge in [0, 0.05) is 29.0 Å². The highest BCUT2D eigenvalue weighted by molar-refractivity contribution is 7.13. The first-order valence-corrected chi connectivity index (χ1v) is 11.4. The van der Waals surface area contributed by atoms with Gasteiger partial charge in [0.2, 0.25) is 0 Å². The molecule has 0 atom stereocenters. The molecule has 0 amide bonds. The first kappa shape index (κ1) is 20.2. The van der Waals surface area contributed by atoms with Gasteiger partial charge in [-0.15, -0.1) is 11.3 Å². The van der Waals surface area contributed by atoms with Crippen molar-refractivity contribution in [1.29, 1.82) is 0 Å². The van der Waals surface area contributed by atoms with Gasteiger partial charge in [0.15, 0.2) is 17.3 Å². The summed E-state index contributed by atoms with van der Waals surface area (Å²) in [5.74, 6) is 1.35. The Morgan fingerprint density at radius 3 is 2.58 bits per heavy atom. The predicted molar refractivity (Wildman–Crippen MR) is 117 cm³/mol. The number of likely N-dealkylation sites (tertiary alicyclic amines) is 1. The third-order valence-corrected chi connectivity index (χ3v) is 6.75. The standard InChI is InChI=1S/C24H23FN2O3S/c25-19-4-1-17(2-5-19)24-26-20(15-31-24)14-27-9-7-16(8-10-27)23(28)18-3-6-21-22(13-18)30-12-11-29-21/h1-6,13,15-16H,7-12,14H2. The van der Waals surface area contributed by atoms with Crippen molar-refractivity contribution in [3.63, 3.8) is 0 Å². The summed E-state index contributed by atoms with van der Waals surface area (Å²) in [6.45, 7) is 3.56. The Kier molecular flexibility index (Phi) is 5.70.